The van der Waals surface area contributed by atoms with Crippen LogP contribution in [0.25, 0.3) is 0 Å². The van der Waals surface area contributed by atoms with Crippen molar-refractivity contribution in [1.29, 1.82) is 0 Å². The number of carbonyl (C=O) groups is 2. The van der Waals surface area contributed by atoms with Gasteiger partial charge >= 0.3 is 6.61 Å². The standard InChI is InChI=1S/C27H27F2N3O3/c28-27(29)35-23-13-11-22(12-14-23)26(34)30-19-24(33)31-15-17-32(18-16-31)25(20-7-3-1-4-8-20)21-9-5-2-6-10-21/h1-14,25,27H,15-19H2,(H,30,34). The van der Waals surface area contributed by atoms with Crippen LogP contribution >= 0.6 is 0 Å². The first-order valence-corrected chi connectivity index (χ1v) is 11.5. The van der Waals surface area contributed by atoms with Crippen molar-refractivity contribution in [3.63, 3.8) is 0 Å². The number of benzene rings is 3. The molecule has 1 aliphatic rings. The predicted octanol–water partition coefficient (Wildman–Crippen LogP) is 3.95. The Morgan fingerprint density at radius 1 is 0.800 bits per heavy atom. The number of carbonyl (C=O) groups excluding carboxylic acids is 2. The highest BCUT2D eigenvalue weighted by Crippen LogP contribution is 2.29. The van der Waals surface area contributed by atoms with Gasteiger partial charge < -0.3 is 15.0 Å². The van der Waals surface area contributed by atoms with E-state index in [1.54, 1.807) is 4.90 Å². The summed E-state index contributed by atoms with van der Waals surface area (Å²) in [6, 6.07) is 26.1. The van der Waals surface area contributed by atoms with Gasteiger partial charge in [0.15, 0.2) is 0 Å². The van der Waals surface area contributed by atoms with E-state index in [1.165, 1.54) is 35.4 Å². The topological polar surface area (TPSA) is 61.9 Å². The highest BCUT2D eigenvalue weighted by atomic mass is 19.3. The van der Waals surface area contributed by atoms with E-state index < -0.39 is 12.5 Å². The van der Waals surface area contributed by atoms with Crippen LogP contribution in [0.2, 0.25) is 0 Å². The Morgan fingerprint density at radius 3 is 1.86 bits per heavy atom. The first-order chi connectivity index (χ1) is 17.0. The van der Waals surface area contributed by atoms with Crippen LogP contribution in [0, 0.1) is 0 Å². The summed E-state index contributed by atoms with van der Waals surface area (Å²) in [5.74, 6) is -0.643. The van der Waals surface area contributed by atoms with Gasteiger partial charge in [0, 0.05) is 31.7 Å². The van der Waals surface area contributed by atoms with Crippen molar-refractivity contribution < 1.29 is 23.1 Å². The Bertz CT molecular complexity index is 1060. The molecule has 0 radical (unpaired) electrons. The summed E-state index contributed by atoms with van der Waals surface area (Å²) >= 11 is 0. The lowest BCUT2D eigenvalue weighted by Crippen LogP contribution is -2.52. The molecule has 2 amide bonds. The van der Waals surface area contributed by atoms with Gasteiger partial charge in [-0.2, -0.15) is 8.78 Å². The largest absolute Gasteiger partial charge is 0.435 e. The van der Waals surface area contributed by atoms with E-state index in [-0.39, 0.29) is 29.8 Å². The van der Waals surface area contributed by atoms with Crippen LogP contribution in [0.1, 0.15) is 27.5 Å². The molecule has 1 heterocycles. The van der Waals surface area contributed by atoms with E-state index in [2.05, 4.69) is 39.2 Å². The molecular formula is C27H27F2N3O3. The number of piperazine rings is 1. The van der Waals surface area contributed by atoms with Crippen molar-refractivity contribution in [2.45, 2.75) is 12.7 Å². The van der Waals surface area contributed by atoms with Crippen molar-refractivity contribution in [3.8, 4) is 5.75 Å². The third kappa shape index (κ3) is 6.42. The highest BCUT2D eigenvalue weighted by Gasteiger charge is 2.28. The zero-order valence-electron chi connectivity index (χ0n) is 19.1. The number of ether oxygens (including phenoxy) is 1. The zero-order chi connectivity index (χ0) is 24.6. The molecule has 8 heteroatoms. The monoisotopic (exact) mass is 479 g/mol. The second-order valence-corrected chi connectivity index (χ2v) is 8.23. The SMILES string of the molecule is O=C(NCC(=O)N1CCN(C(c2ccccc2)c2ccccc2)CC1)c1ccc(OC(F)F)cc1. The molecule has 0 bridgehead atoms. The van der Waals surface area contributed by atoms with Crippen LogP contribution in [0.4, 0.5) is 8.78 Å². The van der Waals surface area contributed by atoms with E-state index >= 15 is 0 Å². The van der Waals surface area contributed by atoms with Gasteiger partial charge in [0.25, 0.3) is 5.91 Å². The number of hydrogen-bond donors (Lipinski definition) is 1. The van der Waals surface area contributed by atoms with Crippen molar-refractivity contribution in [2.75, 3.05) is 32.7 Å². The lowest BCUT2D eigenvalue weighted by atomic mass is 9.96. The summed E-state index contributed by atoms with van der Waals surface area (Å²) in [6.07, 6.45) is 0. The molecule has 1 saturated heterocycles. The van der Waals surface area contributed by atoms with E-state index in [0.29, 0.717) is 26.2 Å². The molecule has 6 nitrogen and oxygen atoms in total. The summed E-state index contributed by atoms with van der Waals surface area (Å²) in [7, 11) is 0. The third-order valence-electron chi connectivity index (χ3n) is 6.00. The first kappa shape index (κ1) is 24.3. The minimum Gasteiger partial charge on any atom is -0.435 e. The molecule has 1 aliphatic heterocycles. The molecular weight excluding hydrogens is 452 g/mol. The average molecular weight is 480 g/mol. The van der Waals surface area contributed by atoms with E-state index in [9.17, 15) is 18.4 Å². The Morgan fingerprint density at radius 2 is 1.34 bits per heavy atom. The Balaban J connectivity index is 1.31. The van der Waals surface area contributed by atoms with E-state index in [0.717, 1.165) is 0 Å². The molecule has 1 N–H and O–H groups in total. The van der Waals surface area contributed by atoms with Crippen LogP contribution in [-0.2, 0) is 4.79 Å². The Hall–Kier alpha value is -3.78. The smallest absolute Gasteiger partial charge is 0.387 e. The lowest BCUT2D eigenvalue weighted by Gasteiger charge is -2.39. The van der Waals surface area contributed by atoms with Crippen molar-refractivity contribution >= 4 is 11.8 Å². The predicted molar refractivity (Wildman–Crippen MR) is 128 cm³/mol. The molecule has 3 aromatic rings. The Labute approximate surface area is 203 Å². The van der Waals surface area contributed by atoms with Gasteiger partial charge in [0.2, 0.25) is 5.91 Å². The summed E-state index contributed by atoms with van der Waals surface area (Å²) < 4.78 is 28.8. The molecule has 1 fully saturated rings. The van der Waals surface area contributed by atoms with Gasteiger partial charge in [-0.1, -0.05) is 60.7 Å². The summed E-state index contributed by atoms with van der Waals surface area (Å²) in [6.45, 7) is -0.521. The Kier molecular flexibility index (Phi) is 8.05. The zero-order valence-corrected chi connectivity index (χ0v) is 19.1. The quantitative estimate of drug-likeness (QED) is 0.532. The number of nitrogens with zero attached hydrogens (tertiary/aromatic N) is 2. The van der Waals surface area contributed by atoms with Gasteiger partial charge in [0.1, 0.15) is 5.75 Å². The van der Waals surface area contributed by atoms with Crippen molar-refractivity contribution in [2.24, 2.45) is 0 Å². The molecule has 0 saturated carbocycles. The molecule has 0 spiro atoms. The normalized spacial score (nSPS) is 14.2. The molecule has 0 aliphatic carbocycles. The molecule has 4 rings (SSSR count). The van der Waals surface area contributed by atoms with Crippen LogP contribution < -0.4 is 10.1 Å². The summed E-state index contributed by atoms with van der Waals surface area (Å²) in [4.78, 5) is 29.2. The van der Waals surface area contributed by atoms with Crippen molar-refractivity contribution in [3.05, 3.63) is 102 Å². The van der Waals surface area contributed by atoms with Crippen LogP contribution in [0.15, 0.2) is 84.9 Å². The molecule has 0 unspecified atom stereocenters. The number of alkyl halides is 2. The molecule has 0 atom stereocenters. The maximum Gasteiger partial charge on any atom is 0.387 e. The van der Waals surface area contributed by atoms with Gasteiger partial charge in [-0.25, -0.2) is 0 Å². The fourth-order valence-corrected chi connectivity index (χ4v) is 4.27. The number of halogens is 2. The summed E-state index contributed by atoms with van der Waals surface area (Å²) in [5.41, 5.74) is 2.67. The number of hydrogen-bond acceptors (Lipinski definition) is 4. The van der Waals surface area contributed by atoms with Crippen LogP contribution in [0.5, 0.6) is 5.75 Å². The van der Waals surface area contributed by atoms with E-state index in [1.807, 2.05) is 36.4 Å². The van der Waals surface area contributed by atoms with Crippen molar-refractivity contribution in [1.82, 2.24) is 15.1 Å². The molecule has 35 heavy (non-hydrogen) atoms. The second kappa shape index (κ2) is 11.6. The minimum absolute atomic E-state index is 0.0326. The summed E-state index contributed by atoms with van der Waals surface area (Å²) in [5, 5.41) is 2.61. The third-order valence-corrected chi connectivity index (χ3v) is 6.00. The average Bonchev–Trinajstić information content (AvgIpc) is 2.89. The maximum atomic E-state index is 12.7. The highest BCUT2D eigenvalue weighted by molar-refractivity contribution is 5.96. The maximum absolute atomic E-state index is 12.7. The molecule has 182 valence electrons. The van der Waals surface area contributed by atoms with E-state index in [4.69, 9.17) is 0 Å². The fourth-order valence-electron chi connectivity index (χ4n) is 4.27. The van der Waals surface area contributed by atoms with Gasteiger partial charge in [-0.15, -0.1) is 0 Å². The van der Waals surface area contributed by atoms with Crippen LogP contribution in [-0.4, -0.2) is 60.9 Å². The molecule has 0 aromatic heterocycles. The lowest BCUT2D eigenvalue weighted by molar-refractivity contribution is -0.132. The van der Waals surface area contributed by atoms with Crippen LogP contribution in [0.3, 0.4) is 0 Å². The van der Waals surface area contributed by atoms with Gasteiger partial charge in [0.05, 0.1) is 12.6 Å². The number of amides is 2. The minimum atomic E-state index is -2.93. The first-order valence-electron chi connectivity index (χ1n) is 11.5. The number of rotatable bonds is 8. The molecule has 3 aromatic carbocycles. The number of nitrogens with one attached hydrogen (secondary N) is 1. The van der Waals surface area contributed by atoms with Gasteiger partial charge in [-0.05, 0) is 35.4 Å². The fraction of sp³-hybridized carbons (Fsp3) is 0.259. The van der Waals surface area contributed by atoms with Gasteiger partial charge in [-0.3, -0.25) is 14.5 Å². The second-order valence-electron chi connectivity index (χ2n) is 8.23.